The van der Waals surface area contributed by atoms with Gasteiger partial charge in [-0.1, -0.05) is 17.7 Å². The van der Waals surface area contributed by atoms with Gasteiger partial charge >= 0.3 is 0 Å². The van der Waals surface area contributed by atoms with Gasteiger partial charge in [0.1, 0.15) is 0 Å². The highest BCUT2D eigenvalue weighted by Crippen LogP contribution is 2.23. The fraction of sp³-hybridized carbons (Fsp3) is 0.308. The van der Waals surface area contributed by atoms with E-state index in [1.54, 1.807) is 0 Å². The van der Waals surface area contributed by atoms with Crippen LogP contribution >= 0.6 is 11.6 Å². The first-order valence-electron chi connectivity index (χ1n) is 5.79. The van der Waals surface area contributed by atoms with Crippen molar-refractivity contribution in [2.24, 2.45) is 0 Å². The van der Waals surface area contributed by atoms with Crippen LogP contribution in [0.15, 0.2) is 24.4 Å². The maximum atomic E-state index is 6.06. The van der Waals surface area contributed by atoms with Gasteiger partial charge in [-0.3, -0.25) is 0 Å². The van der Waals surface area contributed by atoms with E-state index in [4.69, 9.17) is 11.6 Å². The zero-order valence-electron chi connectivity index (χ0n) is 9.70. The van der Waals surface area contributed by atoms with Crippen molar-refractivity contribution in [3.05, 3.63) is 46.2 Å². The summed E-state index contributed by atoms with van der Waals surface area (Å²) in [6, 6.07) is 5.93. The molecule has 1 N–H and O–H groups in total. The molecule has 1 aliphatic heterocycles. The third kappa shape index (κ3) is 1.85. The molecule has 88 valence electrons. The quantitative estimate of drug-likeness (QED) is 0.839. The minimum absolute atomic E-state index is 0.754. The molecule has 3 nitrogen and oxygen atoms in total. The molecule has 1 aromatic heterocycles. The number of nitrogens with one attached hydrogen (secondary N) is 1. The van der Waals surface area contributed by atoms with Crippen molar-refractivity contribution in [3.8, 4) is 5.69 Å². The van der Waals surface area contributed by atoms with Crippen LogP contribution in [0.4, 0.5) is 0 Å². The Morgan fingerprint density at radius 2 is 2.29 bits per heavy atom. The first-order chi connectivity index (χ1) is 8.25. The molecule has 3 rings (SSSR count). The number of aryl methyl sites for hydroxylation is 1. The molecule has 0 saturated carbocycles. The van der Waals surface area contributed by atoms with Crippen LogP contribution in [0.1, 0.15) is 16.8 Å². The molecule has 2 aromatic rings. The molecule has 0 aliphatic carbocycles. The number of hydrogen-bond acceptors (Lipinski definition) is 2. The number of hydrogen-bond donors (Lipinski definition) is 1. The zero-order chi connectivity index (χ0) is 11.8. The molecular formula is C13H14ClN3. The molecule has 17 heavy (non-hydrogen) atoms. The topological polar surface area (TPSA) is 29.9 Å². The van der Waals surface area contributed by atoms with Crippen molar-refractivity contribution in [2.75, 3.05) is 6.54 Å². The van der Waals surface area contributed by atoms with Crippen LogP contribution in [0.25, 0.3) is 5.69 Å². The van der Waals surface area contributed by atoms with Crippen LogP contribution in [0.5, 0.6) is 0 Å². The summed E-state index contributed by atoms with van der Waals surface area (Å²) < 4.78 is 2.03. The highest BCUT2D eigenvalue weighted by atomic mass is 35.5. The Balaban J connectivity index is 2.15. The minimum atomic E-state index is 0.754. The van der Waals surface area contributed by atoms with Gasteiger partial charge < -0.3 is 5.32 Å². The molecule has 2 heterocycles. The van der Waals surface area contributed by atoms with Crippen LogP contribution in [-0.4, -0.2) is 16.3 Å². The summed E-state index contributed by atoms with van der Waals surface area (Å²) in [5.74, 6) is 0. The highest BCUT2D eigenvalue weighted by molar-refractivity contribution is 6.30. The molecule has 1 aliphatic rings. The largest absolute Gasteiger partial charge is 0.312 e. The molecule has 0 unspecified atom stereocenters. The SMILES string of the molecule is Cc1ccc(Cl)cc1-n1ncc2c1CCNC2. The van der Waals surface area contributed by atoms with E-state index in [0.717, 1.165) is 30.2 Å². The van der Waals surface area contributed by atoms with Crippen LogP contribution in [-0.2, 0) is 13.0 Å². The first kappa shape index (κ1) is 10.8. The van der Waals surface area contributed by atoms with E-state index in [9.17, 15) is 0 Å². The lowest BCUT2D eigenvalue weighted by Crippen LogP contribution is -2.24. The van der Waals surface area contributed by atoms with E-state index >= 15 is 0 Å². The second-order valence-electron chi connectivity index (χ2n) is 4.39. The van der Waals surface area contributed by atoms with E-state index in [1.807, 2.05) is 29.1 Å². The molecular weight excluding hydrogens is 234 g/mol. The van der Waals surface area contributed by atoms with E-state index in [1.165, 1.54) is 16.8 Å². The van der Waals surface area contributed by atoms with Crippen LogP contribution in [0.3, 0.4) is 0 Å². The average Bonchev–Trinajstić information content (AvgIpc) is 2.76. The van der Waals surface area contributed by atoms with Gasteiger partial charge in [-0.15, -0.1) is 0 Å². The molecule has 0 atom stereocenters. The Bertz CT molecular complexity index is 560. The van der Waals surface area contributed by atoms with E-state index in [2.05, 4.69) is 17.3 Å². The van der Waals surface area contributed by atoms with E-state index in [-0.39, 0.29) is 0 Å². The maximum absolute atomic E-state index is 6.06. The standard InChI is InChI=1S/C13H14ClN3/c1-9-2-3-11(14)6-13(9)17-12-4-5-15-7-10(12)8-16-17/h2-3,6,8,15H,4-5,7H2,1H3. The molecule has 0 bridgehead atoms. The van der Waals surface area contributed by atoms with Crippen molar-refractivity contribution in [1.29, 1.82) is 0 Å². The van der Waals surface area contributed by atoms with Gasteiger partial charge in [0.05, 0.1) is 11.9 Å². The van der Waals surface area contributed by atoms with Crippen molar-refractivity contribution in [1.82, 2.24) is 15.1 Å². The molecule has 0 fully saturated rings. The lowest BCUT2D eigenvalue weighted by molar-refractivity contribution is 0.622. The fourth-order valence-corrected chi connectivity index (χ4v) is 2.44. The molecule has 0 spiro atoms. The molecule has 0 radical (unpaired) electrons. The van der Waals surface area contributed by atoms with E-state index in [0.29, 0.717) is 0 Å². The van der Waals surface area contributed by atoms with Crippen LogP contribution in [0, 0.1) is 6.92 Å². The molecule has 1 aromatic carbocycles. The third-order valence-corrected chi connectivity index (χ3v) is 3.44. The summed E-state index contributed by atoms with van der Waals surface area (Å²) in [6.45, 7) is 4.01. The summed E-state index contributed by atoms with van der Waals surface area (Å²) in [5.41, 5.74) is 4.87. The lowest BCUT2D eigenvalue weighted by Gasteiger charge is -2.16. The van der Waals surface area contributed by atoms with Crippen LogP contribution < -0.4 is 5.32 Å². The summed E-state index contributed by atoms with van der Waals surface area (Å²) in [4.78, 5) is 0. The zero-order valence-corrected chi connectivity index (χ0v) is 10.5. The van der Waals surface area contributed by atoms with Crippen molar-refractivity contribution in [3.63, 3.8) is 0 Å². The molecule has 0 amide bonds. The lowest BCUT2D eigenvalue weighted by atomic mass is 10.1. The highest BCUT2D eigenvalue weighted by Gasteiger charge is 2.16. The number of rotatable bonds is 1. The van der Waals surface area contributed by atoms with Gasteiger partial charge in [0.25, 0.3) is 0 Å². The number of fused-ring (bicyclic) bond motifs is 1. The van der Waals surface area contributed by atoms with Gasteiger partial charge in [-0.2, -0.15) is 5.10 Å². The predicted molar refractivity (Wildman–Crippen MR) is 68.7 cm³/mol. The Morgan fingerprint density at radius 1 is 1.41 bits per heavy atom. The molecule has 0 saturated heterocycles. The van der Waals surface area contributed by atoms with Gasteiger partial charge in [0, 0.05) is 35.8 Å². The Morgan fingerprint density at radius 3 is 3.18 bits per heavy atom. The normalized spacial score (nSPS) is 14.7. The first-order valence-corrected chi connectivity index (χ1v) is 6.16. The monoisotopic (exact) mass is 247 g/mol. The summed E-state index contributed by atoms with van der Waals surface area (Å²) in [7, 11) is 0. The van der Waals surface area contributed by atoms with Crippen LogP contribution in [0.2, 0.25) is 5.02 Å². The summed E-state index contributed by atoms with van der Waals surface area (Å²) >= 11 is 6.06. The fourth-order valence-electron chi connectivity index (χ4n) is 2.27. The smallest absolute Gasteiger partial charge is 0.0692 e. The number of benzene rings is 1. The van der Waals surface area contributed by atoms with Gasteiger partial charge in [0.2, 0.25) is 0 Å². The number of halogens is 1. The Kier molecular flexibility index (Phi) is 2.65. The maximum Gasteiger partial charge on any atom is 0.0692 e. The van der Waals surface area contributed by atoms with Gasteiger partial charge in [-0.05, 0) is 24.6 Å². The molecule has 4 heteroatoms. The number of nitrogens with zero attached hydrogens (tertiary/aromatic N) is 2. The summed E-state index contributed by atoms with van der Waals surface area (Å²) in [5, 5.41) is 8.59. The number of aromatic nitrogens is 2. The predicted octanol–water partition coefficient (Wildman–Crippen LogP) is 2.48. The van der Waals surface area contributed by atoms with E-state index < -0.39 is 0 Å². The minimum Gasteiger partial charge on any atom is -0.312 e. The second kappa shape index (κ2) is 4.17. The van der Waals surface area contributed by atoms with Crippen molar-refractivity contribution in [2.45, 2.75) is 19.9 Å². The Hall–Kier alpha value is -1.32. The van der Waals surface area contributed by atoms with Crippen molar-refractivity contribution >= 4 is 11.6 Å². The summed E-state index contributed by atoms with van der Waals surface area (Å²) in [6.07, 6.45) is 2.96. The van der Waals surface area contributed by atoms with Gasteiger partial charge in [-0.25, -0.2) is 4.68 Å². The second-order valence-corrected chi connectivity index (χ2v) is 4.82. The Labute approximate surface area is 105 Å². The van der Waals surface area contributed by atoms with Gasteiger partial charge in [0.15, 0.2) is 0 Å². The average molecular weight is 248 g/mol. The van der Waals surface area contributed by atoms with Crippen molar-refractivity contribution < 1.29 is 0 Å². The third-order valence-electron chi connectivity index (χ3n) is 3.21.